The first-order valence-corrected chi connectivity index (χ1v) is 14.1. The van der Waals surface area contributed by atoms with Crippen LogP contribution in [0.15, 0.2) is 88.9 Å². The number of aryl methyl sites for hydroxylation is 2. The molecule has 0 saturated heterocycles. The van der Waals surface area contributed by atoms with Crippen molar-refractivity contribution in [1.29, 1.82) is 5.26 Å². The van der Waals surface area contributed by atoms with E-state index < -0.39 is 26.4 Å². The van der Waals surface area contributed by atoms with E-state index in [1.165, 1.54) is 16.8 Å². The van der Waals surface area contributed by atoms with Crippen LogP contribution in [0, 0.1) is 18.3 Å². The van der Waals surface area contributed by atoms with E-state index in [1.54, 1.807) is 79.8 Å². The van der Waals surface area contributed by atoms with Crippen LogP contribution in [0.5, 0.6) is 11.6 Å². The van der Waals surface area contributed by atoms with Crippen LogP contribution in [-0.2, 0) is 16.9 Å². The smallest absolute Gasteiger partial charge is 0.235 e. The minimum atomic E-state index is -4.45. The van der Waals surface area contributed by atoms with Gasteiger partial charge in [-0.2, -0.15) is 10.4 Å². The third-order valence-corrected chi connectivity index (χ3v) is 8.47. The van der Waals surface area contributed by atoms with Gasteiger partial charge in [0.15, 0.2) is 10.6 Å². The standard InChI is InChI=1S/C30H26N6O4S/c1-4-36(22-8-5-7-20(17-22)18-31)27-26(25-14-16-35(3)34-25)33-30(38)29(28(27)37)41(39,40)23-12-10-21(11-13-23)24-9-6-15-32-19(24)2/h5-17H,4H2,1-3H3,(H2,33,37,38). The molecular formula is C30H26N6O4S. The van der Waals surface area contributed by atoms with Crippen LogP contribution in [0.4, 0.5) is 11.4 Å². The maximum Gasteiger partial charge on any atom is 0.235 e. The predicted octanol–water partition coefficient (Wildman–Crippen LogP) is 5.13. The summed E-state index contributed by atoms with van der Waals surface area (Å²) in [6, 6.07) is 20.2. The zero-order chi connectivity index (χ0) is 29.3. The fourth-order valence-electron chi connectivity index (χ4n) is 4.69. The minimum Gasteiger partial charge on any atom is -0.504 e. The molecule has 41 heavy (non-hydrogen) atoms. The number of aromatic nitrogens is 4. The summed E-state index contributed by atoms with van der Waals surface area (Å²) in [5, 5.41) is 36.4. The fraction of sp³-hybridized carbons (Fsp3) is 0.133. The Hall–Kier alpha value is -5.21. The van der Waals surface area contributed by atoms with Gasteiger partial charge in [-0.1, -0.05) is 24.3 Å². The molecule has 0 spiro atoms. The minimum absolute atomic E-state index is 0.0280. The second kappa shape index (κ2) is 10.7. The number of anilines is 2. The number of nitrogens with zero attached hydrogens (tertiary/aromatic N) is 6. The fourth-order valence-corrected chi connectivity index (χ4v) is 6.06. The quantitative estimate of drug-likeness (QED) is 0.274. The number of aromatic hydroxyl groups is 2. The maximum absolute atomic E-state index is 13.9. The number of pyridine rings is 2. The summed E-state index contributed by atoms with van der Waals surface area (Å²) in [7, 11) is -2.74. The first-order valence-electron chi connectivity index (χ1n) is 12.7. The summed E-state index contributed by atoms with van der Waals surface area (Å²) in [4.78, 5) is 9.29. The van der Waals surface area contributed by atoms with Crippen LogP contribution in [0.2, 0.25) is 0 Å². The van der Waals surface area contributed by atoms with Crippen molar-refractivity contribution < 1.29 is 18.6 Å². The summed E-state index contributed by atoms with van der Waals surface area (Å²) in [5.74, 6) is -1.55. The molecule has 5 rings (SSSR count). The Kier molecular flexibility index (Phi) is 7.17. The Morgan fingerprint density at radius 1 is 1.05 bits per heavy atom. The molecule has 0 bridgehead atoms. The van der Waals surface area contributed by atoms with Crippen molar-refractivity contribution in [2.24, 2.45) is 7.05 Å². The highest BCUT2D eigenvalue weighted by Crippen LogP contribution is 2.48. The molecule has 0 atom stereocenters. The van der Waals surface area contributed by atoms with Crippen LogP contribution in [0.3, 0.4) is 0 Å². The van der Waals surface area contributed by atoms with Crippen molar-refractivity contribution in [3.05, 3.63) is 90.4 Å². The van der Waals surface area contributed by atoms with E-state index in [0.29, 0.717) is 16.9 Å². The zero-order valence-electron chi connectivity index (χ0n) is 22.5. The normalized spacial score (nSPS) is 11.3. The molecule has 0 aliphatic heterocycles. The molecule has 11 heteroatoms. The number of sulfone groups is 1. The molecule has 2 N–H and O–H groups in total. The lowest BCUT2D eigenvalue weighted by Gasteiger charge is -2.27. The molecule has 0 aliphatic carbocycles. The highest BCUT2D eigenvalue weighted by atomic mass is 32.2. The Morgan fingerprint density at radius 3 is 2.44 bits per heavy atom. The summed E-state index contributed by atoms with van der Waals surface area (Å²) in [6.45, 7) is 3.94. The molecule has 10 nitrogen and oxygen atoms in total. The topological polar surface area (TPSA) is 145 Å². The average Bonchev–Trinajstić information content (AvgIpc) is 3.40. The molecule has 206 valence electrons. The van der Waals surface area contributed by atoms with Gasteiger partial charge >= 0.3 is 0 Å². The zero-order valence-corrected chi connectivity index (χ0v) is 23.3. The lowest BCUT2D eigenvalue weighted by atomic mass is 10.1. The van der Waals surface area contributed by atoms with Gasteiger partial charge in [-0.05, 0) is 61.9 Å². The number of benzene rings is 2. The second-order valence-electron chi connectivity index (χ2n) is 9.26. The monoisotopic (exact) mass is 566 g/mol. The molecule has 0 unspecified atom stereocenters. The lowest BCUT2D eigenvalue weighted by Crippen LogP contribution is -2.19. The van der Waals surface area contributed by atoms with E-state index in [4.69, 9.17) is 0 Å². The van der Waals surface area contributed by atoms with E-state index >= 15 is 0 Å². The third kappa shape index (κ3) is 4.97. The van der Waals surface area contributed by atoms with Gasteiger partial charge in [0, 0.05) is 42.9 Å². The van der Waals surface area contributed by atoms with Gasteiger partial charge in [-0.15, -0.1) is 0 Å². The summed E-state index contributed by atoms with van der Waals surface area (Å²) in [5.41, 5.74) is 3.72. The Bertz CT molecular complexity index is 1910. The molecule has 3 heterocycles. The van der Waals surface area contributed by atoms with Crippen molar-refractivity contribution in [1.82, 2.24) is 19.7 Å². The van der Waals surface area contributed by atoms with E-state index in [9.17, 15) is 23.9 Å². The summed E-state index contributed by atoms with van der Waals surface area (Å²) >= 11 is 0. The Morgan fingerprint density at radius 2 is 1.80 bits per heavy atom. The molecule has 0 saturated carbocycles. The molecule has 2 aromatic carbocycles. The van der Waals surface area contributed by atoms with Crippen LogP contribution in [-0.4, -0.2) is 44.9 Å². The molecular weight excluding hydrogens is 540 g/mol. The lowest BCUT2D eigenvalue weighted by molar-refractivity contribution is 0.409. The first kappa shape index (κ1) is 27.4. The molecule has 0 radical (unpaired) electrons. The van der Waals surface area contributed by atoms with Gasteiger partial charge in [0.1, 0.15) is 17.1 Å². The SMILES string of the molecule is CCN(c1cccc(C#N)c1)c1c(-c2ccn(C)n2)nc(O)c(S(=O)(=O)c2ccc(-c3cccnc3C)cc2)c1O. The highest BCUT2D eigenvalue weighted by Gasteiger charge is 2.34. The van der Waals surface area contributed by atoms with Crippen molar-refractivity contribution >= 4 is 21.2 Å². The number of hydrogen-bond donors (Lipinski definition) is 2. The highest BCUT2D eigenvalue weighted by molar-refractivity contribution is 7.91. The summed E-state index contributed by atoms with van der Waals surface area (Å²) < 4.78 is 29.3. The Labute approximate surface area is 237 Å². The molecule has 5 aromatic rings. The summed E-state index contributed by atoms with van der Waals surface area (Å²) in [6.07, 6.45) is 3.34. The van der Waals surface area contributed by atoms with Gasteiger partial charge in [0.2, 0.25) is 15.7 Å². The van der Waals surface area contributed by atoms with Gasteiger partial charge in [0.25, 0.3) is 0 Å². The van der Waals surface area contributed by atoms with Crippen molar-refractivity contribution in [3.8, 4) is 40.2 Å². The number of nitriles is 1. The number of hydrogen-bond acceptors (Lipinski definition) is 9. The molecule has 0 fully saturated rings. The average molecular weight is 567 g/mol. The van der Waals surface area contributed by atoms with Gasteiger partial charge in [0.05, 0.1) is 16.5 Å². The predicted molar refractivity (Wildman–Crippen MR) is 153 cm³/mol. The molecule has 0 aliphatic rings. The van der Waals surface area contributed by atoms with E-state index in [2.05, 4.69) is 21.1 Å². The second-order valence-corrected chi connectivity index (χ2v) is 11.1. The largest absolute Gasteiger partial charge is 0.504 e. The number of rotatable bonds is 7. The van der Waals surface area contributed by atoms with Crippen molar-refractivity contribution in [2.45, 2.75) is 23.6 Å². The molecule has 0 amide bonds. The molecule has 3 aromatic heterocycles. The third-order valence-electron chi connectivity index (χ3n) is 6.67. The first-order chi connectivity index (χ1) is 19.6. The maximum atomic E-state index is 13.9. The van der Waals surface area contributed by atoms with E-state index in [1.807, 2.05) is 13.0 Å². The van der Waals surface area contributed by atoms with Gasteiger partial charge < -0.3 is 15.1 Å². The van der Waals surface area contributed by atoms with Crippen LogP contribution in [0.1, 0.15) is 18.2 Å². The van der Waals surface area contributed by atoms with Crippen molar-refractivity contribution in [2.75, 3.05) is 11.4 Å². The van der Waals surface area contributed by atoms with Gasteiger partial charge in [-0.25, -0.2) is 13.4 Å². The van der Waals surface area contributed by atoms with Crippen LogP contribution < -0.4 is 4.90 Å². The van der Waals surface area contributed by atoms with Crippen LogP contribution in [0.25, 0.3) is 22.5 Å². The van der Waals surface area contributed by atoms with E-state index in [-0.39, 0.29) is 22.8 Å². The Balaban J connectivity index is 1.71. The van der Waals surface area contributed by atoms with Crippen molar-refractivity contribution in [3.63, 3.8) is 0 Å². The van der Waals surface area contributed by atoms with E-state index in [0.717, 1.165) is 16.8 Å². The van der Waals surface area contributed by atoms with Gasteiger partial charge in [-0.3, -0.25) is 9.67 Å². The van der Waals surface area contributed by atoms with Crippen LogP contribution >= 0.6 is 0 Å².